The highest BCUT2D eigenvalue weighted by Gasteiger charge is 2.20. The molecular formula is C25H29N9O2. The van der Waals surface area contributed by atoms with Gasteiger partial charge in [-0.2, -0.15) is 9.61 Å². The van der Waals surface area contributed by atoms with Crippen LogP contribution in [0.4, 0.5) is 17.2 Å². The Kier molecular flexibility index (Phi) is 5.68. The molecule has 4 heterocycles. The third-order valence-corrected chi connectivity index (χ3v) is 6.70. The van der Waals surface area contributed by atoms with E-state index in [9.17, 15) is 9.90 Å². The normalized spacial score (nSPS) is 17.9. The van der Waals surface area contributed by atoms with Crippen molar-refractivity contribution in [1.82, 2.24) is 29.5 Å². The van der Waals surface area contributed by atoms with E-state index >= 15 is 0 Å². The van der Waals surface area contributed by atoms with Crippen molar-refractivity contribution in [2.75, 3.05) is 42.9 Å². The van der Waals surface area contributed by atoms with Crippen LogP contribution in [0.2, 0.25) is 0 Å². The Morgan fingerprint density at radius 2 is 1.94 bits per heavy atom. The first-order valence-corrected chi connectivity index (χ1v) is 12.4. The molecule has 0 unspecified atom stereocenters. The Balaban J connectivity index is 1.32. The number of rotatable bonds is 6. The van der Waals surface area contributed by atoms with Crippen LogP contribution in [0.1, 0.15) is 25.5 Å². The fraction of sp³-hybridized carbons (Fsp3) is 0.360. The highest BCUT2D eigenvalue weighted by Crippen LogP contribution is 2.23. The maximum absolute atomic E-state index is 11.5. The minimum atomic E-state index is -0.481. The lowest BCUT2D eigenvalue weighted by atomic mass is 10.2. The van der Waals surface area contributed by atoms with Crippen LogP contribution in [0.3, 0.4) is 0 Å². The molecule has 2 aliphatic rings. The van der Waals surface area contributed by atoms with Crippen molar-refractivity contribution in [1.29, 1.82) is 0 Å². The molecule has 0 atom stereocenters. The van der Waals surface area contributed by atoms with Crippen molar-refractivity contribution in [2.24, 2.45) is 4.99 Å². The topological polar surface area (TPSA) is 130 Å². The number of H-pyrrole nitrogens is 2. The van der Waals surface area contributed by atoms with Crippen LogP contribution >= 0.6 is 0 Å². The van der Waals surface area contributed by atoms with Gasteiger partial charge in [0, 0.05) is 48.8 Å². The second-order valence-corrected chi connectivity index (χ2v) is 9.27. The lowest BCUT2D eigenvalue weighted by Crippen LogP contribution is -2.46. The van der Waals surface area contributed by atoms with Gasteiger partial charge in [0.2, 0.25) is 5.88 Å². The van der Waals surface area contributed by atoms with E-state index in [0.717, 1.165) is 51.3 Å². The third kappa shape index (κ3) is 4.57. The summed E-state index contributed by atoms with van der Waals surface area (Å²) in [7, 11) is 0. The van der Waals surface area contributed by atoms with Gasteiger partial charge in [0.15, 0.2) is 11.1 Å². The van der Waals surface area contributed by atoms with Crippen molar-refractivity contribution in [3.63, 3.8) is 0 Å². The van der Waals surface area contributed by atoms with Crippen LogP contribution in [0.5, 0.6) is 5.88 Å². The highest BCUT2D eigenvalue weighted by atomic mass is 16.3. The minimum Gasteiger partial charge on any atom is -0.493 e. The summed E-state index contributed by atoms with van der Waals surface area (Å²) in [5, 5.41) is 18.5. The summed E-state index contributed by atoms with van der Waals surface area (Å²) in [6.07, 6.45) is 5.43. The molecular weight excluding hydrogens is 458 g/mol. The second kappa shape index (κ2) is 9.15. The minimum absolute atomic E-state index is 0.229. The van der Waals surface area contributed by atoms with E-state index in [-0.39, 0.29) is 11.6 Å². The number of fused-ring (bicyclic) bond motifs is 1. The quantitative estimate of drug-likeness (QED) is 0.319. The van der Waals surface area contributed by atoms with Gasteiger partial charge in [-0.3, -0.25) is 9.98 Å². The number of anilines is 3. The number of nitrogens with zero attached hydrogens (tertiary/aromatic N) is 6. The number of likely N-dealkylation sites (N-methyl/N-ethyl adjacent to an activating group) is 1. The van der Waals surface area contributed by atoms with Gasteiger partial charge < -0.3 is 25.2 Å². The maximum Gasteiger partial charge on any atom is 0.326 e. The van der Waals surface area contributed by atoms with Crippen molar-refractivity contribution in [3.05, 3.63) is 63.4 Å². The Labute approximate surface area is 206 Å². The molecule has 4 aromatic rings. The van der Waals surface area contributed by atoms with Crippen LogP contribution in [-0.2, 0) is 0 Å². The number of hydrogen-bond acceptors (Lipinski definition) is 8. The Bertz CT molecular complexity index is 1560. The molecule has 1 saturated carbocycles. The number of hydrogen-bond donors (Lipinski definition) is 4. The predicted octanol–water partition coefficient (Wildman–Crippen LogP) is 0.948. The molecule has 1 aromatic carbocycles. The van der Waals surface area contributed by atoms with Crippen LogP contribution < -0.4 is 26.6 Å². The Hall–Kier alpha value is -4.12. The van der Waals surface area contributed by atoms with Gasteiger partial charge in [-0.1, -0.05) is 6.92 Å². The summed E-state index contributed by atoms with van der Waals surface area (Å²) in [5.41, 5.74) is 3.22. The molecule has 0 bridgehead atoms. The van der Waals surface area contributed by atoms with E-state index in [4.69, 9.17) is 9.98 Å². The monoisotopic (exact) mass is 487 g/mol. The van der Waals surface area contributed by atoms with E-state index < -0.39 is 5.69 Å². The first-order chi connectivity index (χ1) is 17.6. The summed E-state index contributed by atoms with van der Waals surface area (Å²) < 4.78 is 1.69. The van der Waals surface area contributed by atoms with Crippen LogP contribution in [0.15, 0.2) is 46.3 Å². The largest absolute Gasteiger partial charge is 0.493 e. The fourth-order valence-corrected chi connectivity index (χ4v) is 4.49. The first kappa shape index (κ1) is 22.4. The molecule has 1 aliphatic heterocycles. The number of benzene rings is 1. The average Bonchev–Trinajstić information content (AvgIpc) is 3.53. The van der Waals surface area contributed by atoms with Crippen molar-refractivity contribution in [3.8, 4) is 5.88 Å². The van der Waals surface area contributed by atoms with Gasteiger partial charge in [-0.05, 0) is 49.7 Å². The fourth-order valence-electron chi connectivity index (χ4n) is 4.49. The third-order valence-electron chi connectivity index (χ3n) is 6.70. The summed E-state index contributed by atoms with van der Waals surface area (Å²) in [5.74, 6) is 0.417. The predicted molar refractivity (Wildman–Crippen MR) is 137 cm³/mol. The molecule has 0 amide bonds. The lowest BCUT2D eigenvalue weighted by molar-refractivity contribution is 0.271. The summed E-state index contributed by atoms with van der Waals surface area (Å²) >= 11 is 0. The SMILES string of the molecule is CCN1CCN(c2ccc(Nc3cc(=NC4CC4)n4ncc(=Cc5[nH]c(=O)[nH]c5O)c4n3)cc2)CC1. The zero-order valence-corrected chi connectivity index (χ0v) is 20.1. The van der Waals surface area contributed by atoms with Crippen molar-refractivity contribution < 1.29 is 5.11 Å². The molecule has 11 nitrogen and oxygen atoms in total. The molecule has 0 spiro atoms. The van der Waals surface area contributed by atoms with Gasteiger partial charge in [0.25, 0.3) is 0 Å². The second-order valence-electron chi connectivity index (χ2n) is 9.27. The van der Waals surface area contributed by atoms with Gasteiger partial charge >= 0.3 is 5.69 Å². The number of aromatic hydroxyl groups is 1. The molecule has 186 valence electrons. The molecule has 11 heteroatoms. The summed E-state index contributed by atoms with van der Waals surface area (Å²) in [6, 6.07) is 10.6. The van der Waals surface area contributed by atoms with Crippen LogP contribution in [0.25, 0.3) is 11.7 Å². The van der Waals surface area contributed by atoms with Crippen LogP contribution in [-0.4, -0.2) is 73.3 Å². The molecule has 2 fully saturated rings. The Morgan fingerprint density at radius 1 is 1.17 bits per heavy atom. The summed E-state index contributed by atoms with van der Waals surface area (Å²) in [4.78, 5) is 30.9. The highest BCUT2D eigenvalue weighted by molar-refractivity contribution is 5.63. The number of piperazine rings is 1. The molecule has 3 aromatic heterocycles. The lowest BCUT2D eigenvalue weighted by Gasteiger charge is -2.35. The van der Waals surface area contributed by atoms with Crippen molar-refractivity contribution in [2.45, 2.75) is 25.8 Å². The van der Waals surface area contributed by atoms with E-state index in [2.05, 4.69) is 61.4 Å². The molecule has 36 heavy (non-hydrogen) atoms. The van der Waals surface area contributed by atoms with E-state index in [0.29, 0.717) is 28.2 Å². The van der Waals surface area contributed by atoms with Gasteiger partial charge in [-0.15, -0.1) is 0 Å². The zero-order chi connectivity index (χ0) is 24.6. The van der Waals surface area contributed by atoms with Gasteiger partial charge in [0.1, 0.15) is 11.5 Å². The van der Waals surface area contributed by atoms with Gasteiger partial charge in [0.05, 0.1) is 12.2 Å². The molecule has 4 N–H and O–H groups in total. The van der Waals surface area contributed by atoms with Crippen molar-refractivity contribution >= 4 is 28.9 Å². The molecule has 1 saturated heterocycles. The number of aromatic nitrogens is 5. The number of aromatic amines is 2. The Morgan fingerprint density at radius 3 is 2.61 bits per heavy atom. The zero-order valence-electron chi connectivity index (χ0n) is 20.1. The molecule has 0 radical (unpaired) electrons. The standard InChI is InChI=1S/C25H29N9O2/c1-2-32-9-11-33(12-10-32)19-7-5-17(6-8-19)27-21-14-22(28-18-3-4-18)34-23(30-21)16(15-26-34)13-20-24(35)31-25(36)29-20/h5-8,13-15,18,27,35H,2-4,9-12H2,1H3,(H2,29,31,36). The smallest absolute Gasteiger partial charge is 0.326 e. The van der Waals surface area contributed by atoms with E-state index in [1.807, 2.05) is 6.07 Å². The molecule has 1 aliphatic carbocycles. The maximum atomic E-state index is 11.5. The van der Waals surface area contributed by atoms with E-state index in [1.54, 1.807) is 16.8 Å². The first-order valence-electron chi connectivity index (χ1n) is 12.4. The number of imidazole rings is 1. The van der Waals surface area contributed by atoms with E-state index in [1.165, 1.54) is 5.69 Å². The van der Waals surface area contributed by atoms with Gasteiger partial charge in [-0.25, -0.2) is 9.78 Å². The summed E-state index contributed by atoms with van der Waals surface area (Å²) in [6.45, 7) is 7.56. The molecule has 6 rings (SSSR count). The number of nitrogens with one attached hydrogen (secondary N) is 3. The van der Waals surface area contributed by atoms with Crippen LogP contribution in [0, 0.1) is 0 Å². The average molecular weight is 488 g/mol.